The van der Waals surface area contributed by atoms with Gasteiger partial charge in [-0.25, -0.2) is 0 Å². The number of rotatable bonds is 7. The van der Waals surface area contributed by atoms with Crippen molar-refractivity contribution >= 4 is 42.6 Å². The normalized spacial score (nSPS) is 13.2. The van der Waals surface area contributed by atoms with Crippen LogP contribution < -0.4 is 0 Å². The van der Waals surface area contributed by atoms with E-state index in [1.54, 1.807) is 30.5 Å². The summed E-state index contributed by atoms with van der Waals surface area (Å²) in [5.41, 5.74) is 2.71. The van der Waals surface area contributed by atoms with Crippen molar-refractivity contribution in [3.05, 3.63) is 64.1 Å². The lowest BCUT2D eigenvalue weighted by molar-refractivity contribution is -0.139. The zero-order chi connectivity index (χ0) is 24.6. The molecule has 0 saturated heterocycles. The number of benzene rings is 1. The smallest absolute Gasteiger partial charge is 0.310 e. The molecule has 8 heteroatoms. The molecule has 1 unspecified atom stereocenters. The van der Waals surface area contributed by atoms with Crippen molar-refractivity contribution in [2.45, 2.75) is 58.4 Å². The first-order valence-corrected chi connectivity index (χ1v) is 14.2. The van der Waals surface area contributed by atoms with E-state index in [0.29, 0.717) is 21.8 Å². The quantitative estimate of drug-likeness (QED) is 0.242. The Labute approximate surface area is 200 Å². The monoisotopic (exact) mass is 486 g/mol. The van der Waals surface area contributed by atoms with E-state index in [1.165, 1.54) is 7.11 Å². The lowest BCUT2D eigenvalue weighted by atomic mass is 10.0. The minimum Gasteiger partial charge on any atom is -0.469 e. The Morgan fingerprint density at radius 1 is 1.18 bits per heavy atom. The van der Waals surface area contributed by atoms with Crippen molar-refractivity contribution in [1.29, 1.82) is 0 Å². The van der Waals surface area contributed by atoms with Crippen molar-refractivity contribution in [3.8, 4) is 0 Å². The summed E-state index contributed by atoms with van der Waals surface area (Å²) in [4.78, 5) is 33.0. The van der Waals surface area contributed by atoms with Crippen LogP contribution in [0.2, 0.25) is 23.2 Å². The Hall–Kier alpha value is -2.48. The number of fused-ring (bicyclic) bond motifs is 1. The fraction of sp³-hybridized carbons (Fsp3) is 0.400. The third-order valence-corrected chi connectivity index (χ3v) is 11.2. The average molecular weight is 487 g/mol. The van der Waals surface area contributed by atoms with Gasteiger partial charge in [-0.1, -0.05) is 38.4 Å². The first kappa shape index (κ1) is 25.1. The number of hydrogen-bond acceptors (Lipinski definition) is 5. The summed E-state index contributed by atoms with van der Waals surface area (Å²) in [6, 6.07) is 8.89. The minimum absolute atomic E-state index is 0.0379. The molecule has 0 aliphatic heterocycles. The number of methoxy groups -OCH3 is 1. The molecule has 176 valence electrons. The number of aromatic nitrogens is 2. The van der Waals surface area contributed by atoms with Gasteiger partial charge in [0.25, 0.3) is 0 Å². The number of aromatic amines is 1. The molecule has 0 fully saturated rings. The van der Waals surface area contributed by atoms with Gasteiger partial charge < -0.3 is 14.1 Å². The van der Waals surface area contributed by atoms with Crippen LogP contribution in [0.25, 0.3) is 10.9 Å². The Balaban J connectivity index is 1.99. The molecule has 2 heterocycles. The largest absolute Gasteiger partial charge is 0.469 e. The van der Waals surface area contributed by atoms with Crippen molar-refractivity contribution in [2.75, 3.05) is 7.11 Å². The van der Waals surface area contributed by atoms with Gasteiger partial charge in [-0.2, -0.15) is 0 Å². The van der Waals surface area contributed by atoms with Crippen LogP contribution in [0.3, 0.4) is 0 Å². The van der Waals surface area contributed by atoms with Gasteiger partial charge in [0, 0.05) is 27.7 Å². The molecule has 0 saturated carbocycles. The summed E-state index contributed by atoms with van der Waals surface area (Å²) in [5, 5.41) is 1.35. The molecule has 3 aromatic rings. The second-order valence-electron chi connectivity index (χ2n) is 9.75. The summed E-state index contributed by atoms with van der Waals surface area (Å²) in [6.45, 7) is 13.0. The molecular formula is C25H31ClN2O4Si. The van der Waals surface area contributed by atoms with E-state index in [1.807, 2.05) is 13.0 Å². The minimum atomic E-state index is -1.99. The number of carbonyl (C=O) groups is 2. The van der Waals surface area contributed by atoms with E-state index in [4.69, 9.17) is 20.8 Å². The predicted octanol–water partition coefficient (Wildman–Crippen LogP) is 6.25. The number of hydrogen-bond donors (Lipinski definition) is 1. The third-order valence-electron chi connectivity index (χ3n) is 6.41. The molecular weight excluding hydrogens is 456 g/mol. The maximum absolute atomic E-state index is 13.5. The van der Waals surface area contributed by atoms with Crippen LogP contribution in [-0.2, 0) is 20.4 Å². The highest BCUT2D eigenvalue weighted by atomic mass is 35.5. The number of halogens is 1. The zero-order valence-electron chi connectivity index (χ0n) is 20.2. The molecule has 1 aromatic carbocycles. The first-order chi connectivity index (χ1) is 15.3. The highest BCUT2D eigenvalue weighted by molar-refractivity contribution is 6.74. The van der Waals surface area contributed by atoms with E-state index < -0.39 is 14.3 Å². The molecule has 3 rings (SSSR count). The lowest BCUT2D eigenvalue weighted by Crippen LogP contribution is -2.41. The second kappa shape index (κ2) is 9.41. The van der Waals surface area contributed by atoms with Crippen molar-refractivity contribution in [2.24, 2.45) is 0 Å². The number of ketones is 1. The average Bonchev–Trinajstić information content (AvgIpc) is 3.09. The van der Waals surface area contributed by atoms with E-state index in [9.17, 15) is 9.59 Å². The lowest BCUT2D eigenvalue weighted by Gasteiger charge is -2.38. The Bertz CT molecular complexity index is 1200. The van der Waals surface area contributed by atoms with Gasteiger partial charge in [0.1, 0.15) is 5.69 Å². The fourth-order valence-electron chi connectivity index (χ4n) is 3.46. The third kappa shape index (κ3) is 5.37. The summed E-state index contributed by atoms with van der Waals surface area (Å²) in [6.07, 6.45) is 1.40. The highest BCUT2D eigenvalue weighted by Crippen LogP contribution is 2.39. The maximum atomic E-state index is 13.5. The van der Waals surface area contributed by atoms with Gasteiger partial charge in [0.2, 0.25) is 5.78 Å². The van der Waals surface area contributed by atoms with E-state index in [-0.39, 0.29) is 29.0 Å². The molecule has 0 bridgehead atoms. The molecule has 33 heavy (non-hydrogen) atoms. The summed E-state index contributed by atoms with van der Waals surface area (Å²) in [5.74, 6) is -0.736. The molecule has 0 spiro atoms. The Kier molecular flexibility index (Phi) is 7.17. The molecule has 2 aromatic heterocycles. The van der Waals surface area contributed by atoms with E-state index in [0.717, 1.165) is 10.9 Å². The molecule has 0 aliphatic carbocycles. The molecule has 6 nitrogen and oxygen atoms in total. The van der Waals surface area contributed by atoms with Gasteiger partial charge >= 0.3 is 5.97 Å². The number of esters is 1. The number of pyridine rings is 1. The second-order valence-corrected chi connectivity index (χ2v) is 14.9. The Morgan fingerprint density at radius 3 is 2.52 bits per heavy atom. The molecule has 0 aliphatic rings. The van der Waals surface area contributed by atoms with Crippen molar-refractivity contribution in [3.63, 3.8) is 0 Å². The zero-order valence-corrected chi connectivity index (χ0v) is 22.0. The van der Waals surface area contributed by atoms with Crippen LogP contribution in [0, 0.1) is 0 Å². The number of ether oxygens (including phenoxy) is 1. The highest BCUT2D eigenvalue weighted by Gasteiger charge is 2.38. The van der Waals surface area contributed by atoms with E-state index >= 15 is 0 Å². The summed E-state index contributed by atoms with van der Waals surface area (Å²) >= 11 is 6.13. The van der Waals surface area contributed by atoms with Gasteiger partial charge in [-0.15, -0.1) is 0 Å². The van der Waals surface area contributed by atoms with Gasteiger partial charge in [0.15, 0.2) is 8.32 Å². The summed E-state index contributed by atoms with van der Waals surface area (Å²) < 4.78 is 11.3. The van der Waals surface area contributed by atoms with Crippen LogP contribution in [0.1, 0.15) is 61.1 Å². The maximum Gasteiger partial charge on any atom is 0.310 e. The van der Waals surface area contributed by atoms with Crippen LogP contribution in [0.15, 0.2) is 36.5 Å². The Morgan fingerprint density at radius 2 is 1.88 bits per heavy atom. The number of nitrogens with zero attached hydrogens (tertiary/aromatic N) is 1. The van der Waals surface area contributed by atoms with E-state index in [2.05, 4.69) is 43.8 Å². The molecule has 1 atom stereocenters. The number of nitrogens with one attached hydrogen (secondary N) is 1. The predicted molar refractivity (Wildman–Crippen MR) is 133 cm³/mol. The van der Waals surface area contributed by atoms with Crippen LogP contribution in [0.4, 0.5) is 0 Å². The van der Waals surface area contributed by atoms with Gasteiger partial charge in [0.05, 0.1) is 25.3 Å². The molecule has 0 radical (unpaired) electrons. The van der Waals surface area contributed by atoms with Gasteiger partial charge in [-0.3, -0.25) is 14.6 Å². The SMILES string of the molecule is COC(=O)Cc1c(C(=O)c2cc(C(C)O[Si](C)(C)C(C)(C)C)ccn2)[nH]c2cc(Cl)ccc12. The standard InChI is InChI=1S/C25H31ClN2O4Si/c1-15(32-33(6,7)25(2,3)4)16-10-11-27-21(12-16)24(30)23-19(14-22(29)31-5)18-9-8-17(26)13-20(18)28-23/h8-13,15,28H,14H2,1-7H3. The molecule has 0 amide bonds. The fourth-order valence-corrected chi connectivity index (χ4v) is 5.01. The summed E-state index contributed by atoms with van der Waals surface area (Å²) in [7, 11) is -0.670. The first-order valence-electron chi connectivity index (χ1n) is 10.9. The van der Waals surface area contributed by atoms with Crippen molar-refractivity contribution in [1.82, 2.24) is 9.97 Å². The van der Waals surface area contributed by atoms with Gasteiger partial charge in [-0.05, 0) is 54.9 Å². The van der Waals surface area contributed by atoms with Crippen LogP contribution in [0.5, 0.6) is 0 Å². The number of carbonyl (C=O) groups excluding carboxylic acids is 2. The number of H-pyrrole nitrogens is 1. The topological polar surface area (TPSA) is 81.3 Å². The van der Waals surface area contributed by atoms with Crippen molar-refractivity contribution < 1.29 is 18.8 Å². The van der Waals surface area contributed by atoms with Crippen LogP contribution in [-0.4, -0.2) is 37.1 Å². The molecule has 1 N–H and O–H groups in total. The van der Waals surface area contributed by atoms with Crippen LogP contribution >= 0.6 is 11.6 Å².